The molecule has 0 saturated carbocycles. The van der Waals surface area contributed by atoms with E-state index in [1.165, 1.54) is 0 Å². The van der Waals surface area contributed by atoms with E-state index >= 15 is 0 Å². The van der Waals surface area contributed by atoms with Crippen molar-refractivity contribution in [2.24, 2.45) is 0 Å². The van der Waals surface area contributed by atoms with Crippen LogP contribution in [0.4, 0.5) is 11.5 Å². The van der Waals surface area contributed by atoms with Gasteiger partial charge in [0.05, 0.1) is 11.4 Å². The van der Waals surface area contributed by atoms with Gasteiger partial charge in [0.25, 0.3) is 0 Å². The molecule has 0 unspecified atom stereocenters. The Morgan fingerprint density at radius 3 is 2.57 bits per heavy atom. The molecule has 0 saturated heterocycles. The molecule has 0 aromatic carbocycles. The first kappa shape index (κ1) is 8.55. The van der Waals surface area contributed by atoms with E-state index in [4.69, 9.17) is 11.5 Å². The number of nitrogens with zero attached hydrogens (tertiary/aromatic N) is 3. The molecule has 5 heteroatoms. The number of hydrogen-bond acceptors (Lipinski definition) is 4. The van der Waals surface area contributed by atoms with Crippen LogP contribution in [0.25, 0.3) is 5.82 Å². The van der Waals surface area contributed by atoms with Gasteiger partial charge >= 0.3 is 0 Å². The van der Waals surface area contributed by atoms with Crippen molar-refractivity contribution in [3.05, 3.63) is 30.1 Å². The number of aryl methyl sites for hydroxylation is 1. The van der Waals surface area contributed by atoms with E-state index in [0.717, 1.165) is 5.69 Å². The SMILES string of the molecule is Cc1ccn(-c2ccc(N)c(N)n2)n1. The second-order valence-electron chi connectivity index (χ2n) is 3.05. The Balaban J connectivity index is 2.47. The highest BCUT2D eigenvalue weighted by atomic mass is 15.3. The van der Waals surface area contributed by atoms with E-state index in [1.807, 2.05) is 19.2 Å². The molecule has 0 aliphatic carbocycles. The molecule has 0 bridgehead atoms. The molecule has 0 atom stereocenters. The fraction of sp³-hybridized carbons (Fsp3) is 0.111. The summed E-state index contributed by atoms with van der Waals surface area (Å²) in [6.45, 7) is 1.91. The van der Waals surface area contributed by atoms with Crippen LogP contribution in [0.2, 0.25) is 0 Å². The summed E-state index contributed by atoms with van der Waals surface area (Å²) < 4.78 is 1.66. The van der Waals surface area contributed by atoms with Crippen LogP contribution in [0.15, 0.2) is 24.4 Å². The standard InChI is InChI=1S/C9H11N5/c1-6-4-5-14(13-6)8-3-2-7(10)9(11)12-8/h2-5H,10H2,1H3,(H2,11,12). The molecule has 2 aromatic rings. The van der Waals surface area contributed by atoms with Crippen molar-refractivity contribution < 1.29 is 0 Å². The van der Waals surface area contributed by atoms with Crippen LogP contribution in [0.5, 0.6) is 0 Å². The average molecular weight is 189 g/mol. The summed E-state index contributed by atoms with van der Waals surface area (Å²) in [5, 5.41) is 4.21. The molecule has 14 heavy (non-hydrogen) atoms. The summed E-state index contributed by atoms with van der Waals surface area (Å²) in [5.41, 5.74) is 12.6. The topological polar surface area (TPSA) is 82.8 Å². The van der Waals surface area contributed by atoms with Crippen LogP contribution in [0.3, 0.4) is 0 Å². The summed E-state index contributed by atoms with van der Waals surface area (Å²) >= 11 is 0. The zero-order valence-electron chi connectivity index (χ0n) is 7.81. The summed E-state index contributed by atoms with van der Waals surface area (Å²) in [4.78, 5) is 4.11. The van der Waals surface area contributed by atoms with Crippen LogP contribution in [-0.4, -0.2) is 14.8 Å². The van der Waals surface area contributed by atoms with Gasteiger partial charge in [0.2, 0.25) is 0 Å². The van der Waals surface area contributed by atoms with Crippen LogP contribution in [-0.2, 0) is 0 Å². The normalized spacial score (nSPS) is 10.4. The zero-order chi connectivity index (χ0) is 10.1. The number of nitrogen functional groups attached to an aromatic ring is 2. The molecule has 0 amide bonds. The first-order valence-corrected chi connectivity index (χ1v) is 4.21. The van der Waals surface area contributed by atoms with Gasteiger partial charge in [0, 0.05) is 6.20 Å². The van der Waals surface area contributed by atoms with Gasteiger partial charge in [-0.05, 0) is 25.1 Å². The van der Waals surface area contributed by atoms with Crippen molar-refractivity contribution in [3.63, 3.8) is 0 Å². The summed E-state index contributed by atoms with van der Waals surface area (Å²) in [7, 11) is 0. The molecule has 2 heterocycles. The van der Waals surface area contributed by atoms with Gasteiger partial charge in [-0.2, -0.15) is 5.10 Å². The number of anilines is 2. The Kier molecular flexibility index (Phi) is 1.85. The average Bonchev–Trinajstić information content (AvgIpc) is 2.57. The molecule has 72 valence electrons. The van der Waals surface area contributed by atoms with E-state index in [1.54, 1.807) is 16.8 Å². The molecule has 4 N–H and O–H groups in total. The lowest BCUT2D eigenvalue weighted by Crippen LogP contribution is -2.03. The maximum Gasteiger partial charge on any atom is 0.155 e. The molecule has 5 nitrogen and oxygen atoms in total. The highest BCUT2D eigenvalue weighted by molar-refractivity contribution is 5.59. The lowest BCUT2D eigenvalue weighted by Gasteiger charge is -2.03. The third-order valence-corrected chi connectivity index (χ3v) is 1.90. The van der Waals surface area contributed by atoms with E-state index in [9.17, 15) is 0 Å². The number of pyridine rings is 1. The van der Waals surface area contributed by atoms with Gasteiger partial charge < -0.3 is 11.5 Å². The van der Waals surface area contributed by atoms with Crippen molar-refractivity contribution in [3.8, 4) is 5.82 Å². The molecule has 2 aromatic heterocycles. The number of aromatic nitrogens is 3. The first-order chi connectivity index (χ1) is 6.66. The third-order valence-electron chi connectivity index (χ3n) is 1.90. The second-order valence-corrected chi connectivity index (χ2v) is 3.05. The van der Waals surface area contributed by atoms with Crippen molar-refractivity contribution in [1.29, 1.82) is 0 Å². The van der Waals surface area contributed by atoms with Crippen LogP contribution in [0, 0.1) is 6.92 Å². The molecule has 0 aliphatic rings. The quantitative estimate of drug-likeness (QED) is 0.693. The van der Waals surface area contributed by atoms with Gasteiger partial charge in [0.15, 0.2) is 5.82 Å². The molecule has 0 fully saturated rings. The predicted molar refractivity (Wildman–Crippen MR) is 54.9 cm³/mol. The predicted octanol–water partition coefficient (Wildman–Crippen LogP) is 0.740. The van der Waals surface area contributed by atoms with Crippen molar-refractivity contribution in [2.75, 3.05) is 11.5 Å². The Morgan fingerprint density at radius 1 is 1.21 bits per heavy atom. The van der Waals surface area contributed by atoms with Gasteiger partial charge in [0.1, 0.15) is 5.82 Å². The highest BCUT2D eigenvalue weighted by Gasteiger charge is 2.01. The Labute approximate surface area is 81.4 Å². The molecular weight excluding hydrogens is 178 g/mol. The van der Waals surface area contributed by atoms with E-state index in [0.29, 0.717) is 17.3 Å². The fourth-order valence-electron chi connectivity index (χ4n) is 1.15. The second kappa shape index (κ2) is 3.02. The monoisotopic (exact) mass is 189 g/mol. The zero-order valence-corrected chi connectivity index (χ0v) is 7.81. The van der Waals surface area contributed by atoms with Gasteiger partial charge in [-0.25, -0.2) is 9.67 Å². The van der Waals surface area contributed by atoms with Crippen LogP contribution in [0.1, 0.15) is 5.69 Å². The minimum Gasteiger partial charge on any atom is -0.396 e. The smallest absolute Gasteiger partial charge is 0.155 e. The van der Waals surface area contributed by atoms with Crippen molar-refractivity contribution in [1.82, 2.24) is 14.8 Å². The summed E-state index contributed by atoms with van der Waals surface area (Å²) in [5.74, 6) is 1.00. The Bertz CT molecular complexity index is 460. The molecule has 0 spiro atoms. The number of nitrogens with two attached hydrogens (primary N) is 2. The number of rotatable bonds is 1. The lowest BCUT2D eigenvalue weighted by atomic mass is 10.4. The fourth-order valence-corrected chi connectivity index (χ4v) is 1.15. The lowest BCUT2D eigenvalue weighted by molar-refractivity contribution is 0.834. The van der Waals surface area contributed by atoms with Gasteiger partial charge in [-0.15, -0.1) is 0 Å². The minimum absolute atomic E-state index is 0.329. The van der Waals surface area contributed by atoms with Crippen LogP contribution >= 0.6 is 0 Å². The van der Waals surface area contributed by atoms with E-state index in [-0.39, 0.29) is 0 Å². The molecule has 0 radical (unpaired) electrons. The van der Waals surface area contributed by atoms with Crippen LogP contribution < -0.4 is 11.5 Å². The Morgan fingerprint density at radius 2 is 2.00 bits per heavy atom. The third kappa shape index (κ3) is 1.39. The molecular formula is C9H11N5. The molecule has 2 rings (SSSR count). The first-order valence-electron chi connectivity index (χ1n) is 4.21. The van der Waals surface area contributed by atoms with Gasteiger partial charge in [-0.3, -0.25) is 0 Å². The van der Waals surface area contributed by atoms with Gasteiger partial charge in [-0.1, -0.05) is 0 Å². The summed E-state index contributed by atoms with van der Waals surface area (Å²) in [6.07, 6.45) is 1.83. The number of hydrogen-bond donors (Lipinski definition) is 2. The summed E-state index contributed by atoms with van der Waals surface area (Å²) in [6, 6.07) is 5.39. The highest BCUT2D eigenvalue weighted by Crippen LogP contribution is 2.13. The largest absolute Gasteiger partial charge is 0.396 e. The van der Waals surface area contributed by atoms with Crippen molar-refractivity contribution >= 4 is 11.5 Å². The van der Waals surface area contributed by atoms with Crippen molar-refractivity contribution in [2.45, 2.75) is 6.92 Å². The van der Waals surface area contributed by atoms with E-state index in [2.05, 4.69) is 10.1 Å². The minimum atomic E-state index is 0.329. The molecule has 0 aliphatic heterocycles. The maximum atomic E-state index is 5.59. The van der Waals surface area contributed by atoms with E-state index < -0.39 is 0 Å². The maximum absolute atomic E-state index is 5.59. The Hall–Kier alpha value is -2.04.